The Morgan fingerprint density at radius 2 is 1.26 bits per heavy atom. The molecular formula is C30H25N3O9. The van der Waals surface area contributed by atoms with Gasteiger partial charge in [-0.25, -0.2) is 19.2 Å². The lowest BCUT2D eigenvalue weighted by Crippen LogP contribution is -2.42. The van der Waals surface area contributed by atoms with E-state index in [9.17, 15) is 19.2 Å². The molecule has 4 aromatic rings. The highest BCUT2D eigenvalue weighted by Crippen LogP contribution is 2.35. The fourth-order valence-electron chi connectivity index (χ4n) is 4.35. The summed E-state index contributed by atoms with van der Waals surface area (Å²) in [6, 6.07) is 25.7. The van der Waals surface area contributed by atoms with Crippen LogP contribution in [0.5, 0.6) is 0 Å². The van der Waals surface area contributed by atoms with Gasteiger partial charge in [-0.3, -0.25) is 15.3 Å². The van der Waals surface area contributed by atoms with Gasteiger partial charge in [0.1, 0.15) is 12.7 Å². The highest BCUT2D eigenvalue weighted by molar-refractivity contribution is 5.91. The molecular weight excluding hydrogens is 546 g/mol. The molecule has 0 spiro atoms. The second-order valence-electron chi connectivity index (χ2n) is 9.12. The van der Waals surface area contributed by atoms with Crippen molar-refractivity contribution in [2.45, 2.75) is 24.5 Å². The van der Waals surface area contributed by atoms with E-state index >= 15 is 0 Å². The largest absolute Gasteiger partial charge is 0.459 e. The molecule has 0 aliphatic carbocycles. The second kappa shape index (κ2) is 12.9. The molecule has 1 aromatic heterocycles. The number of esters is 3. The van der Waals surface area contributed by atoms with Crippen LogP contribution in [0.15, 0.2) is 108 Å². The summed E-state index contributed by atoms with van der Waals surface area (Å²) in [5.41, 5.74) is 1.62. The van der Waals surface area contributed by atoms with Gasteiger partial charge in [-0.1, -0.05) is 54.6 Å². The minimum atomic E-state index is -1.38. The molecule has 5 rings (SSSR count). The molecule has 4 atom stereocenters. The summed E-state index contributed by atoms with van der Waals surface area (Å²) in [6.45, 7) is -0.408. The molecule has 214 valence electrons. The van der Waals surface area contributed by atoms with Crippen LogP contribution in [0.1, 0.15) is 37.3 Å². The van der Waals surface area contributed by atoms with Gasteiger partial charge in [0, 0.05) is 6.20 Å². The zero-order valence-electron chi connectivity index (χ0n) is 21.9. The topological polar surface area (TPSA) is 155 Å². The third kappa shape index (κ3) is 6.35. The average molecular weight is 572 g/mol. The summed E-state index contributed by atoms with van der Waals surface area (Å²) in [7, 11) is 0. The van der Waals surface area contributed by atoms with Crippen molar-refractivity contribution in [2.75, 3.05) is 12.1 Å². The van der Waals surface area contributed by atoms with Crippen LogP contribution >= 0.6 is 0 Å². The monoisotopic (exact) mass is 571 g/mol. The highest BCUT2D eigenvalue weighted by atomic mass is 16.7. The first-order valence-corrected chi connectivity index (χ1v) is 12.8. The SMILES string of the molecule is O=C(OC[C@H]1O[C@@H](n2ccc(NO)nc2=O)[C@H](OC(=O)c2ccccc2)[C@@H]1OC(=O)c1ccccc1)c1ccccc1. The van der Waals surface area contributed by atoms with Gasteiger partial charge in [0.25, 0.3) is 0 Å². The summed E-state index contributed by atoms with van der Waals surface area (Å²) in [5.74, 6) is -2.32. The number of aromatic nitrogens is 2. The molecule has 0 amide bonds. The van der Waals surface area contributed by atoms with Crippen LogP contribution in [0.3, 0.4) is 0 Å². The van der Waals surface area contributed by atoms with Gasteiger partial charge in [0.05, 0.1) is 16.7 Å². The summed E-state index contributed by atoms with van der Waals surface area (Å²) < 4.78 is 24.2. The highest BCUT2D eigenvalue weighted by Gasteiger charge is 2.51. The smallest absolute Gasteiger partial charge is 0.351 e. The molecule has 1 aliphatic heterocycles. The van der Waals surface area contributed by atoms with Gasteiger partial charge in [-0.15, -0.1) is 0 Å². The first-order chi connectivity index (χ1) is 20.4. The normalized spacial score (nSPS) is 19.5. The maximum Gasteiger partial charge on any atom is 0.351 e. The molecule has 3 aromatic carbocycles. The number of hydrogen-bond donors (Lipinski definition) is 2. The quantitative estimate of drug-likeness (QED) is 0.173. The number of nitrogens with zero attached hydrogens (tertiary/aromatic N) is 2. The van der Waals surface area contributed by atoms with Gasteiger partial charge in [0.15, 0.2) is 24.3 Å². The number of rotatable bonds is 9. The van der Waals surface area contributed by atoms with E-state index in [4.69, 9.17) is 24.2 Å². The molecule has 0 saturated carbocycles. The standard InChI is InChI=1S/C30H25N3O9/c34-27(19-10-4-1-5-11-19)39-18-22-24(41-28(35)20-12-6-2-7-13-20)25(42-29(36)21-14-8-3-9-15-21)26(40-22)33-17-16-23(32-38)31-30(33)37/h1-17,22,24-26,38H,18H2,(H,31,32,37)/t22-,24-,25-,26-/m1/s1. The number of carbonyl (C=O) groups excluding carboxylic acids is 3. The first kappa shape index (κ1) is 28.2. The Bertz CT molecular complexity index is 1600. The molecule has 2 N–H and O–H groups in total. The Balaban J connectivity index is 1.50. The van der Waals surface area contributed by atoms with Crippen molar-refractivity contribution >= 4 is 23.7 Å². The van der Waals surface area contributed by atoms with Crippen molar-refractivity contribution in [1.29, 1.82) is 0 Å². The van der Waals surface area contributed by atoms with Crippen LogP contribution in [0.25, 0.3) is 0 Å². The summed E-state index contributed by atoms with van der Waals surface area (Å²) in [4.78, 5) is 55.6. The number of carbonyl (C=O) groups is 3. The predicted molar refractivity (Wildman–Crippen MR) is 146 cm³/mol. The predicted octanol–water partition coefficient (Wildman–Crippen LogP) is 3.25. The van der Waals surface area contributed by atoms with Crippen molar-refractivity contribution < 1.29 is 38.5 Å². The molecule has 1 aliphatic rings. The number of nitrogens with one attached hydrogen (secondary N) is 1. The third-order valence-corrected chi connectivity index (χ3v) is 6.40. The van der Waals surface area contributed by atoms with Gasteiger partial charge >= 0.3 is 23.6 Å². The van der Waals surface area contributed by atoms with E-state index in [1.165, 1.54) is 24.4 Å². The minimum Gasteiger partial charge on any atom is -0.459 e. The Labute approximate surface area is 239 Å². The zero-order chi connectivity index (χ0) is 29.5. The fraction of sp³-hybridized carbons (Fsp3) is 0.167. The molecule has 42 heavy (non-hydrogen) atoms. The summed E-state index contributed by atoms with van der Waals surface area (Å²) >= 11 is 0. The molecule has 2 heterocycles. The van der Waals surface area contributed by atoms with E-state index in [0.29, 0.717) is 0 Å². The van der Waals surface area contributed by atoms with Crippen molar-refractivity contribution in [3.05, 3.63) is 130 Å². The lowest BCUT2D eigenvalue weighted by atomic mass is 10.1. The Kier molecular flexibility index (Phi) is 8.66. The molecule has 1 fully saturated rings. The van der Waals surface area contributed by atoms with Gasteiger partial charge in [0.2, 0.25) is 0 Å². The molecule has 0 unspecified atom stereocenters. The Hall–Kier alpha value is -5.33. The third-order valence-electron chi connectivity index (χ3n) is 6.40. The number of anilines is 1. The lowest BCUT2D eigenvalue weighted by molar-refractivity contribution is -0.0639. The van der Waals surface area contributed by atoms with Crippen LogP contribution in [-0.4, -0.2) is 57.6 Å². The van der Waals surface area contributed by atoms with Gasteiger partial charge < -0.3 is 18.9 Å². The fourth-order valence-corrected chi connectivity index (χ4v) is 4.35. The molecule has 1 saturated heterocycles. The van der Waals surface area contributed by atoms with Crippen LogP contribution in [0.2, 0.25) is 0 Å². The second-order valence-corrected chi connectivity index (χ2v) is 9.12. The lowest BCUT2D eigenvalue weighted by Gasteiger charge is -2.25. The van der Waals surface area contributed by atoms with E-state index in [1.807, 2.05) is 0 Å². The molecule has 0 bridgehead atoms. The first-order valence-electron chi connectivity index (χ1n) is 12.8. The maximum atomic E-state index is 13.2. The summed E-state index contributed by atoms with van der Waals surface area (Å²) in [6.07, 6.45) is -3.94. The summed E-state index contributed by atoms with van der Waals surface area (Å²) in [5, 5.41) is 9.16. The van der Waals surface area contributed by atoms with Crippen LogP contribution in [-0.2, 0) is 18.9 Å². The molecule has 0 radical (unpaired) electrons. The minimum absolute atomic E-state index is 0.132. The van der Waals surface area contributed by atoms with Crippen LogP contribution < -0.4 is 11.2 Å². The average Bonchev–Trinajstić information content (AvgIpc) is 3.36. The van der Waals surface area contributed by atoms with Crippen LogP contribution in [0.4, 0.5) is 5.82 Å². The molecule has 12 nitrogen and oxygen atoms in total. The molecule has 12 heteroatoms. The number of hydrogen-bond acceptors (Lipinski definition) is 11. The number of ether oxygens (including phenoxy) is 4. The van der Waals surface area contributed by atoms with E-state index in [0.717, 1.165) is 4.57 Å². The van der Waals surface area contributed by atoms with Crippen LogP contribution in [0, 0.1) is 0 Å². The van der Waals surface area contributed by atoms with E-state index in [1.54, 1.807) is 84.3 Å². The van der Waals surface area contributed by atoms with Gasteiger partial charge in [-0.2, -0.15) is 4.98 Å². The Morgan fingerprint density at radius 1 is 0.762 bits per heavy atom. The Morgan fingerprint density at radius 3 is 1.76 bits per heavy atom. The van der Waals surface area contributed by atoms with E-state index in [-0.39, 0.29) is 22.5 Å². The van der Waals surface area contributed by atoms with Crippen molar-refractivity contribution in [3.8, 4) is 0 Å². The van der Waals surface area contributed by atoms with E-state index in [2.05, 4.69) is 4.98 Å². The van der Waals surface area contributed by atoms with E-state index < -0.39 is 54.7 Å². The van der Waals surface area contributed by atoms with Gasteiger partial charge in [-0.05, 0) is 42.5 Å². The van der Waals surface area contributed by atoms with Crippen molar-refractivity contribution in [3.63, 3.8) is 0 Å². The van der Waals surface area contributed by atoms with Crippen molar-refractivity contribution in [2.24, 2.45) is 0 Å². The maximum absolute atomic E-state index is 13.2. The zero-order valence-corrected chi connectivity index (χ0v) is 21.9. The number of benzene rings is 3. The van der Waals surface area contributed by atoms with Crippen molar-refractivity contribution in [1.82, 2.24) is 9.55 Å².